The summed E-state index contributed by atoms with van der Waals surface area (Å²) in [5, 5.41) is 8.38. The van der Waals surface area contributed by atoms with E-state index in [1.54, 1.807) is 18.2 Å². The van der Waals surface area contributed by atoms with Crippen LogP contribution in [-0.2, 0) is 4.74 Å². The standard InChI is InChI=1S/C9H10O4/c10-4-6-12-5-3-8-1-2-9(7-11)13-8/h1-3,5,7,10H,4,6H2/b5-3-. The topological polar surface area (TPSA) is 59.7 Å². The van der Waals surface area contributed by atoms with Gasteiger partial charge in [-0.3, -0.25) is 4.79 Å². The number of aliphatic hydroxyl groups excluding tert-OH is 1. The van der Waals surface area contributed by atoms with Crippen molar-refractivity contribution in [2.45, 2.75) is 0 Å². The summed E-state index contributed by atoms with van der Waals surface area (Å²) < 4.78 is 9.87. The van der Waals surface area contributed by atoms with Crippen molar-refractivity contribution in [3.8, 4) is 0 Å². The molecule has 70 valence electrons. The largest absolute Gasteiger partial charge is 0.499 e. The minimum atomic E-state index is -0.0257. The van der Waals surface area contributed by atoms with Crippen LogP contribution in [0.15, 0.2) is 22.8 Å². The van der Waals surface area contributed by atoms with Crippen LogP contribution in [0.2, 0.25) is 0 Å². The van der Waals surface area contributed by atoms with Gasteiger partial charge in [-0.15, -0.1) is 0 Å². The highest BCUT2D eigenvalue weighted by molar-refractivity contribution is 5.71. The molecule has 1 aromatic heterocycles. The average molecular weight is 182 g/mol. The summed E-state index contributed by atoms with van der Waals surface area (Å²) in [6.07, 6.45) is 3.61. The summed E-state index contributed by atoms with van der Waals surface area (Å²) in [6, 6.07) is 3.22. The normalized spacial score (nSPS) is 10.5. The van der Waals surface area contributed by atoms with Gasteiger partial charge in [-0.2, -0.15) is 0 Å². The van der Waals surface area contributed by atoms with Crippen LogP contribution in [0.25, 0.3) is 6.08 Å². The number of furan rings is 1. The number of rotatable bonds is 5. The van der Waals surface area contributed by atoms with E-state index in [9.17, 15) is 4.79 Å². The van der Waals surface area contributed by atoms with Crippen molar-refractivity contribution in [2.24, 2.45) is 0 Å². The van der Waals surface area contributed by atoms with Gasteiger partial charge in [-0.1, -0.05) is 0 Å². The van der Waals surface area contributed by atoms with Gasteiger partial charge in [0.25, 0.3) is 0 Å². The van der Waals surface area contributed by atoms with Crippen LogP contribution in [0.4, 0.5) is 0 Å². The summed E-state index contributed by atoms with van der Waals surface area (Å²) in [5.41, 5.74) is 0. The van der Waals surface area contributed by atoms with E-state index in [1.165, 1.54) is 6.26 Å². The number of aldehydes is 1. The summed E-state index contributed by atoms with van der Waals surface area (Å²) in [7, 11) is 0. The van der Waals surface area contributed by atoms with E-state index in [0.717, 1.165) is 0 Å². The maximum atomic E-state index is 10.2. The molecule has 4 nitrogen and oxygen atoms in total. The molecule has 1 heterocycles. The lowest BCUT2D eigenvalue weighted by atomic mass is 10.4. The summed E-state index contributed by atoms with van der Waals surface area (Å²) >= 11 is 0. The van der Waals surface area contributed by atoms with E-state index in [2.05, 4.69) is 0 Å². The highest BCUT2D eigenvalue weighted by Gasteiger charge is 1.95. The second-order valence-corrected chi connectivity index (χ2v) is 2.26. The third kappa shape index (κ3) is 3.13. The molecule has 1 N–H and O–H groups in total. The Morgan fingerprint density at radius 1 is 1.46 bits per heavy atom. The minimum Gasteiger partial charge on any atom is -0.499 e. The molecule has 4 heteroatoms. The van der Waals surface area contributed by atoms with Gasteiger partial charge < -0.3 is 14.3 Å². The summed E-state index contributed by atoms with van der Waals surface area (Å²) in [4.78, 5) is 10.2. The number of hydrogen-bond acceptors (Lipinski definition) is 4. The molecule has 0 radical (unpaired) electrons. The van der Waals surface area contributed by atoms with E-state index < -0.39 is 0 Å². The Balaban J connectivity index is 2.44. The predicted octanol–water partition coefficient (Wildman–Crippen LogP) is 1.07. The van der Waals surface area contributed by atoms with E-state index in [-0.39, 0.29) is 19.0 Å². The van der Waals surface area contributed by atoms with E-state index in [0.29, 0.717) is 12.0 Å². The maximum Gasteiger partial charge on any atom is 0.185 e. The van der Waals surface area contributed by atoms with Crippen molar-refractivity contribution in [3.63, 3.8) is 0 Å². The molecule has 0 spiro atoms. The Morgan fingerprint density at radius 2 is 2.23 bits per heavy atom. The molecule has 13 heavy (non-hydrogen) atoms. The van der Waals surface area contributed by atoms with E-state index in [1.807, 2.05) is 0 Å². The highest BCUT2D eigenvalue weighted by Crippen LogP contribution is 2.07. The molecule has 0 aliphatic carbocycles. The Bertz CT molecular complexity index is 288. The third-order valence-corrected chi connectivity index (χ3v) is 1.30. The molecule has 0 bridgehead atoms. The minimum absolute atomic E-state index is 0.0257. The zero-order valence-corrected chi connectivity index (χ0v) is 6.97. The number of carbonyl (C=O) groups is 1. The van der Waals surface area contributed by atoms with Gasteiger partial charge in [0.05, 0.1) is 12.9 Å². The lowest BCUT2D eigenvalue weighted by Crippen LogP contribution is -1.91. The number of aliphatic hydroxyl groups is 1. The summed E-state index contributed by atoms with van der Waals surface area (Å²) in [5.74, 6) is 0.821. The Labute approximate surface area is 75.4 Å². The summed E-state index contributed by atoms with van der Waals surface area (Å²) in [6.45, 7) is 0.222. The molecule has 0 unspecified atom stereocenters. The molecule has 0 aliphatic rings. The molecule has 0 atom stereocenters. The molecule has 0 amide bonds. The lowest BCUT2D eigenvalue weighted by Gasteiger charge is -1.93. The zero-order valence-electron chi connectivity index (χ0n) is 6.97. The zero-order chi connectivity index (χ0) is 9.52. The first-order chi connectivity index (χ1) is 6.36. The molecule has 1 rings (SSSR count). The van der Waals surface area contributed by atoms with Crippen LogP contribution in [-0.4, -0.2) is 24.6 Å². The van der Waals surface area contributed by atoms with Crippen molar-refractivity contribution in [1.29, 1.82) is 0 Å². The van der Waals surface area contributed by atoms with Crippen molar-refractivity contribution >= 4 is 12.4 Å². The van der Waals surface area contributed by atoms with Crippen molar-refractivity contribution in [2.75, 3.05) is 13.2 Å². The highest BCUT2D eigenvalue weighted by atomic mass is 16.5. The van der Waals surface area contributed by atoms with Gasteiger partial charge in [0.2, 0.25) is 0 Å². The molecule has 0 aromatic carbocycles. The van der Waals surface area contributed by atoms with Crippen LogP contribution >= 0.6 is 0 Å². The molecular formula is C9H10O4. The van der Waals surface area contributed by atoms with Crippen molar-refractivity contribution in [1.82, 2.24) is 0 Å². The molecule has 0 saturated carbocycles. The first-order valence-corrected chi connectivity index (χ1v) is 3.81. The van der Waals surface area contributed by atoms with Crippen molar-refractivity contribution < 1.29 is 19.1 Å². The van der Waals surface area contributed by atoms with Crippen molar-refractivity contribution in [3.05, 3.63) is 29.9 Å². The Kier molecular flexibility index (Phi) is 3.78. The first kappa shape index (κ1) is 9.54. The monoisotopic (exact) mass is 182 g/mol. The third-order valence-electron chi connectivity index (χ3n) is 1.30. The van der Waals surface area contributed by atoms with Crippen LogP contribution in [0.3, 0.4) is 0 Å². The molecule has 1 aromatic rings. The smallest absolute Gasteiger partial charge is 0.185 e. The molecule has 0 fully saturated rings. The average Bonchev–Trinajstić information content (AvgIpc) is 2.60. The van der Waals surface area contributed by atoms with Crippen LogP contribution in [0.5, 0.6) is 0 Å². The Morgan fingerprint density at radius 3 is 2.85 bits per heavy atom. The van der Waals surface area contributed by atoms with E-state index >= 15 is 0 Å². The Hall–Kier alpha value is -1.55. The fourth-order valence-corrected chi connectivity index (χ4v) is 0.757. The molecular weight excluding hydrogens is 172 g/mol. The van der Waals surface area contributed by atoms with Gasteiger partial charge in [0.1, 0.15) is 12.4 Å². The SMILES string of the molecule is O=Cc1ccc(/C=C\OCCO)o1. The van der Waals surface area contributed by atoms with Gasteiger partial charge in [-0.25, -0.2) is 0 Å². The van der Waals surface area contributed by atoms with Crippen LogP contribution < -0.4 is 0 Å². The quantitative estimate of drug-likeness (QED) is 0.420. The predicted molar refractivity (Wildman–Crippen MR) is 46.2 cm³/mol. The van der Waals surface area contributed by atoms with E-state index in [4.69, 9.17) is 14.3 Å². The van der Waals surface area contributed by atoms with Crippen LogP contribution in [0, 0.1) is 0 Å². The van der Waals surface area contributed by atoms with Gasteiger partial charge in [-0.05, 0) is 12.1 Å². The number of hydrogen-bond donors (Lipinski definition) is 1. The number of ether oxygens (including phenoxy) is 1. The number of carbonyl (C=O) groups excluding carboxylic acids is 1. The molecule has 0 saturated heterocycles. The second kappa shape index (κ2) is 5.16. The van der Waals surface area contributed by atoms with Gasteiger partial charge in [0, 0.05) is 6.08 Å². The second-order valence-electron chi connectivity index (χ2n) is 2.26. The fraction of sp³-hybridized carbons (Fsp3) is 0.222. The first-order valence-electron chi connectivity index (χ1n) is 3.81. The molecule has 0 aliphatic heterocycles. The fourth-order valence-electron chi connectivity index (χ4n) is 0.757. The van der Waals surface area contributed by atoms with Gasteiger partial charge >= 0.3 is 0 Å². The maximum absolute atomic E-state index is 10.2. The van der Waals surface area contributed by atoms with Gasteiger partial charge in [0.15, 0.2) is 12.0 Å². The van der Waals surface area contributed by atoms with Crippen LogP contribution in [0.1, 0.15) is 16.3 Å². The lowest BCUT2D eigenvalue weighted by molar-refractivity contribution is 0.110.